The van der Waals surface area contributed by atoms with E-state index >= 15 is 8.78 Å². The molecule has 0 radical (unpaired) electrons. The van der Waals surface area contributed by atoms with Gasteiger partial charge in [-0.3, -0.25) is 0 Å². The summed E-state index contributed by atoms with van der Waals surface area (Å²) in [4.78, 5) is 19.6. The number of hydrogen-bond donors (Lipinski definition) is 0. The molecule has 2 aliphatic rings. The second kappa shape index (κ2) is 7.57. The predicted octanol–water partition coefficient (Wildman–Crippen LogP) is 4.41. The van der Waals surface area contributed by atoms with Crippen LogP contribution in [0.5, 0.6) is 5.75 Å². The third kappa shape index (κ3) is 3.70. The van der Waals surface area contributed by atoms with Gasteiger partial charge in [0.05, 0.1) is 24.6 Å². The van der Waals surface area contributed by atoms with Crippen molar-refractivity contribution in [2.45, 2.75) is 32.3 Å². The largest absolute Gasteiger partial charge is 0.497 e. The first-order valence-electron chi connectivity index (χ1n) is 10.1. The molecule has 0 N–H and O–H groups in total. The minimum absolute atomic E-state index is 0.00741. The third-order valence-corrected chi connectivity index (χ3v) is 6.94. The summed E-state index contributed by atoms with van der Waals surface area (Å²) in [6, 6.07) is 7.43. The zero-order valence-corrected chi connectivity index (χ0v) is 20.4. The number of halogens is 3. The Bertz CT molecular complexity index is 1140. The molecular formula is C22H23F2IN4O3. The Hall–Kier alpha value is -2.42. The Morgan fingerprint density at radius 2 is 1.94 bits per heavy atom. The smallest absolute Gasteiger partial charge is 0.410 e. The van der Waals surface area contributed by atoms with Gasteiger partial charge in [-0.25, -0.2) is 18.6 Å². The van der Waals surface area contributed by atoms with E-state index in [1.165, 1.54) is 16.9 Å². The molecule has 0 unspecified atom stereocenters. The first-order valence-corrected chi connectivity index (χ1v) is 11.2. The number of amides is 1. The molecule has 1 aromatic heterocycles. The molecule has 3 heterocycles. The van der Waals surface area contributed by atoms with Crippen molar-refractivity contribution in [3.63, 3.8) is 0 Å². The van der Waals surface area contributed by atoms with Crippen molar-refractivity contribution in [3.8, 4) is 11.8 Å². The van der Waals surface area contributed by atoms with Crippen LogP contribution in [0.15, 0.2) is 18.2 Å². The molecule has 7 nitrogen and oxygen atoms in total. The molecule has 2 saturated heterocycles. The van der Waals surface area contributed by atoms with Gasteiger partial charge < -0.3 is 19.3 Å². The van der Waals surface area contributed by atoms with Crippen LogP contribution < -0.4 is 9.64 Å². The van der Waals surface area contributed by atoms with Gasteiger partial charge in [-0.2, -0.15) is 5.26 Å². The molecule has 2 aromatic rings. The molecule has 0 aliphatic carbocycles. The van der Waals surface area contributed by atoms with Gasteiger partial charge in [-0.05, 0) is 55.5 Å². The number of alkyl halides is 2. The van der Waals surface area contributed by atoms with Gasteiger partial charge in [-0.15, -0.1) is 0 Å². The maximum atomic E-state index is 15.2. The van der Waals surface area contributed by atoms with E-state index < -0.39 is 29.6 Å². The van der Waals surface area contributed by atoms with Gasteiger partial charge in [0, 0.05) is 34.7 Å². The molecule has 1 spiro atoms. The van der Waals surface area contributed by atoms with Gasteiger partial charge in [0.25, 0.3) is 5.92 Å². The number of ether oxygens (including phenoxy) is 2. The van der Waals surface area contributed by atoms with Crippen molar-refractivity contribution < 1.29 is 23.0 Å². The summed E-state index contributed by atoms with van der Waals surface area (Å²) in [5, 5.41) is 10.5. The maximum Gasteiger partial charge on any atom is 0.410 e. The Labute approximate surface area is 198 Å². The number of aromatic nitrogens is 1. The number of carbonyl (C=O) groups is 1. The highest BCUT2D eigenvalue weighted by Crippen LogP contribution is 2.51. The van der Waals surface area contributed by atoms with Crippen molar-refractivity contribution >= 4 is 45.4 Å². The molecule has 10 heteroatoms. The number of fused-ring (bicyclic) bond motifs is 1. The van der Waals surface area contributed by atoms with E-state index in [-0.39, 0.29) is 31.0 Å². The minimum atomic E-state index is -3.05. The number of nitriles is 1. The van der Waals surface area contributed by atoms with Crippen LogP contribution >= 0.6 is 22.6 Å². The average molecular weight is 556 g/mol. The van der Waals surface area contributed by atoms with E-state index in [9.17, 15) is 10.1 Å². The van der Waals surface area contributed by atoms with E-state index in [2.05, 4.69) is 33.6 Å². The number of pyridine rings is 1. The normalized spacial score (nSPS) is 19.1. The number of methoxy groups -OCH3 is 1. The quantitative estimate of drug-likeness (QED) is 0.511. The standard InChI is InChI=1S/C22H23F2IN4O3/c1-20(2,3)32-19(30)29-10-21(11-29)9-28(12-22(21,23)24)18-15(8-26)17(25)14-6-5-13(31-4)7-16(14)27-18/h5-7H,9-12H2,1-4H3. The second-order valence-corrected chi connectivity index (χ2v) is 10.4. The number of carbonyl (C=O) groups excluding carboxylic acids is 1. The molecule has 0 saturated carbocycles. The van der Waals surface area contributed by atoms with Crippen LogP contribution in [-0.2, 0) is 4.74 Å². The Morgan fingerprint density at radius 3 is 2.53 bits per heavy atom. The topological polar surface area (TPSA) is 78.7 Å². The molecule has 0 atom stereocenters. The van der Waals surface area contributed by atoms with Crippen molar-refractivity contribution in [2.75, 3.05) is 38.2 Å². The summed E-state index contributed by atoms with van der Waals surface area (Å²) in [5.74, 6) is -2.23. The van der Waals surface area contributed by atoms with Crippen LogP contribution in [0.3, 0.4) is 0 Å². The van der Waals surface area contributed by atoms with Crippen LogP contribution in [0.25, 0.3) is 10.9 Å². The van der Waals surface area contributed by atoms with Crippen molar-refractivity contribution in [3.05, 3.63) is 27.3 Å². The molecule has 4 rings (SSSR count). The maximum absolute atomic E-state index is 15.2. The zero-order valence-electron chi connectivity index (χ0n) is 18.2. The molecule has 2 fully saturated rings. The number of anilines is 1. The van der Waals surface area contributed by atoms with E-state index in [4.69, 9.17) is 9.47 Å². The predicted molar refractivity (Wildman–Crippen MR) is 123 cm³/mol. The molecule has 0 bridgehead atoms. The summed E-state index contributed by atoms with van der Waals surface area (Å²) in [7, 11) is 1.54. The van der Waals surface area contributed by atoms with Crippen molar-refractivity contribution in [2.24, 2.45) is 5.41 Å². The molecular weight excluding hydrogens is 533 g/mol. The minimum Gasteiger partial charge on any atom is -0.497 e. The Balaban J connectivity index is 1.65. The highest BCUT2D eigenvalue weighted by Gasteiger charge is 2.67. The van der Waals surface area contributed by atoms with Crippen molar-refractivity contribution in [1.29, 1.82) is 5.26 Å². The SMILES string of the molecule is COc1ccc2c(I)c(C#N)c(N3CC(F)(F)C4(CN(C(=O)OC(C)(C)C)C4)C3)nc2c1. The molecule has 2 aliphatic heterocycles. The monoisotopic (exact) mass is 556 g/mol. The van der Waals surface area contributed by atoms with Crippen LogP contribution in [0.1, 0.15) is 26.3 Å². The van der Waals surface area contributed by atoms with Gasteiger partial charge in [0.1, 0.15) is 28.8 Å². The highest BCUT2D eigenvalue weighted by molar-refractivity contribution is 14.1. The molecule has 1 amide bonds. The lowest BCUT2D eigenvalue weighted by Gasteiger charge is -2.49. The van der Waals surface area contributed by atoms with Gasteiger partial charge in [-0.1, -0.05) is 0 Å². The van der Waals surface area contributed by atoms with E-state index in [0.717, 1.165) is 5.39 Å². The fourth-order valence-corrected chi connectivity index (χ4v) is 5.03. The molecule has 32 heavy (non-hydrogen) atoms. The molecule has 1 aromatic carbocycles. The van der Waals surface area contributed by atoms with Gasteiger partial charge >= 0.3 is 6.09 Å². The number of likely N-dealkylation sites (tertiary alicyclic amines) is 1. The van der Waals surface area contributed by atoms with Crippen LogP contribution in [0.4, 0.5) is 19.4 Å². The van der Waals surface area contributed by atoms with Crippen LogP contribution in [0, 0.1) is 20.3 Å². The summed E-state index contributed by atoms with van der Waals surface area (Å²) < 4.78 is 41.6. The van der Waals surface area contributed by atoms with E-state index in [1.54, 1.807) is 39.0 Å². The van der Waals surface area contributed by atoms with Gasteiger partial charge in [0.15, 0.2) is 0 Å². The lowest BCUT2D eigenvalue weighted by molar-refractivity contribution is -0.151. The van der Waals surface area contributed by atoms with Crippen LogP contribution in [0.2, 0.25) is 0 Å². The second-order valence-electron chi connectivity index (χ2n) is 9.30. The lowest BCUT2D eigenvalue weighted by atomic mass is 9.76. The third-order valence-electron chi connectivity index (χ3n) is 5.82. The summed E-state index contributed by atoms with van der Waals surface area (Å²) in [5.41, 5.74) is -1.26. The number of benzene rings is 1. The number of hydrogen-bond acceptors (Lipinski definition) is 6. The van der Waals surface area contributed by atoms with Crippen molar-refractivity contribution in [1.82, 2.24) is 9.88 Å². The Morgan fingerprint density at radius 1 is 1.25 bits per heavy atom. The number of nitrogens with zero attached hydrogens (tertiary/aromatic N) is 4. The number of rotatable bonds is 2. The van der Waals surface area contributed by atoms with E-state index in [0.29, 0.717) is 14.8 Å². The average Bonchev–Trinajstić information content (AvgIpc) is 2.96. The van der Waals surface area contributed by atoms with E-state index in [1.807, 2.05) is 0 Å². The van der Waals surface area contributed by atoms with Gasteiger partial charge in [0.2, 0.25) is 0 Å². The highest BCUT2D eigenvalue weighted by atomic mass is 127. The first-order chi connectivity index (χ1) is 14.9. The summed E-state index contributed by atoms with van der Waals surface area (Å²) in [6.45, 7) is 4.42. The fourth-order valence-electron chi connectivity index (χ4n) is 4.21. The summed E-state index contributed by atoms with van der Waals surface area (Å²) in [6.07, 6.45) is -0.597. The van der Waals surface area contributed by atoms with Crippen LogP contribution in [-0.4, -0.2) is 60.8 Å². The fraction of sp³-hybridized carbons (Fsp3) is 0.500. The molecule has 170 valence electrons. The first kappa shape index (κ1) is 22.8. The lowest BCUT2D eigenvalue weighted by Crippen LogP contribution is -2.66. The summed E-state index contributed by atoms with van der Waals surface area (Å²) >= 11 is 2.05. The Kier molecular flexibility index (Phi) is 5.39. The zero-order chi connectivity index (χ0) is 23.5.